The summed E-state index contributed by atoms with van der Waals surface area (Å²) in [6.07, 6.45) is -0.958. The minimum atomic E-state index is -0.442. The summed E-state index contributed by atoms with van der Waals surface area (Å²) in [6.45, 7) is 2.03. The molecule has 0 bridgehead atoms. The third kappa shape index (κ3) is 5.47. The Morgan fingerprint density at radius 3 is 1.89 bits per heavy atom. The Morgan fingerprint density at radius 2 is 1.29 bits per heavy atom. The van der Waals surface area contributed by atoms with Gasteiger partial charge in [-0.3, -0.25) is 4.90 Å². The number of rotatable bonds is 10. The van der Waals surface area contributed by atoms with Crippen molar-refractivity contribution in [2.75, 3.05) is 13.2 Å². The highest BCUT2D eigenvalue weighted by Crippen LogP contribution is 2.41. The fraction of sp³-hybridized carbons (Fsp3) is 0.387. The molecule has 0 aromatic heterocycles. The lowest BCUT2D eigenvalue weighted by Gasteiger charge is -2.45. The van der Waals surface area contributed by atoms with Crippen molar-refractivity contribution in [2.24, 2.45) is 0 Å². The van der Waals surface area contributed by atoms with Gasteiger partial charge in [0, 0.05) is 0 Å². The maximum Gasteiger partial charge on any atom is 0.410 e. The Bertz CT molecular complexity index is 1180. The normalized spacial score (nSPS) is 28.1. The van der Waals surface area contributed by atoms with Crippen molar-refractivity contribution in [1.29, 1.82) is 0 Å². The second kappa shape index (κ2) is 11.7. The lowest BCUT2D eigenvalue weighted by molar-refractivity contribution is -0.233. The first-order chi connectivity index (χ1) is 18.8. The SMILES string of the molecule is O=C1OC[C@@H]2C[C@H]3OC(COCc4ccccc4)[C@@H](OCc4ccccc4)[C@@H](OCc4ccccc4)C3N12. The van der Waals surface area contributed by atoms with Crippen LogP contribution in [-0.2, 0) is 43.5 Å². The van der Waals surface area contributed by atoms with E-state index in [4.69, 9.17) is 23.7 Å². The van der Waals surface area contributed by atoms with Crippen LogP contribution in [0.3, 0.4) is 0 Å². The summed E-state index contributed by atoms with van der Waals surface area (Å²) >= 11 is 0. The zero-order valence-electron chi connectivity index (χ0n) is 21.3. The quantitative estimate of drug-likeness (QED) is 0.389. The van der Waals surface area contributed by atoms with Gasteiger partial charge in [0.25, 0.3) is 0 Å². The molecule has 0 aliphatic carbocycles. The third-order valence-corrected chi connectivity index (χ3v) is 7.55. The third-order valence-electron chi connectivity index (χ3n) is 7.55. The van der Waals surface area contributed by atoms with Gasteiger partial charge in [-0.15, -0.1) is 0 Å². The molecule has 3 aromatic rings. The fourth-order valence-electron chi connectivity index (χ4n) is 5.75. The van der Waals surface area contributed by atoms with E-state index in [1.807, 2.05) is 95.9 Å². The van der Waals surface area contributed by atoms with E-state index in [9.17, 15) is 4.79 Å². The summed E-state index contributed by atoms with van der Waals surface area (Å²) in [5, 5.41) is 0. The average molecular weight is 516 g/mol. The van der Waals surface area contributed by atoms with Crippen LogP contribution < -0.4 is 0 Å². The fourth-order valence-corrected chi connectivity index (χ4v) is 5.75. The van der Waals surface area contributed by atoms with Crippen LogP contribution in [0.15, 0.2) is 91.0 Å². The second-order valence-corrected chi connectivity index (χ2v) is 10.1. The maximum absolute atomic E-state index is 12.8. The topological polar surface area (TPSA) is 66.5 Å². The van der Waals surface area contributed by atoms with Crippen molar-refractivity contribution in [3.05, 3.63) is 108 Å². The van der Waals surface area contributed by atoms with Gasteiger partial charge in [-0.1, -0.05) is 91.0 Å². The summed E-state index contributed by atoms with van der Waals surface area (Å²) in [6, 6.07) is 29.9. The summed E-state index contributed by atoms with van der Waals surface area (Å²) in [4.78, 5) is 14.6. The first-order valence-electron chi connectivity index (χ1n) is 13.3. The van der Waals surface area contributed by atoms with Gasteiger partial charge in [0.05, 0.1) is 44.6 Å². The number of amides is 1. The zero-order chi connectivity index (χ0) is 25.7. The molecular formula is C31H33NO6. The molecule has 0 N–H and O–H groups in total. The predicted molar refractivity (Wildman–Crippen MR) is 140 cm³/mol. The van der Waals surface area contributed by atoms with Crippen LogP contribution in [0, 0.1) is 0 Å². The highest BCUT2D eigenvalue weighted by atomic mass is 16.6. The highest BCUT2D eigenvalue weighted by molar-refractivity contribution is 5.71. The number of carbonyl (C=O) groups is 1. The number of cyclic esters (lactones) is 1. The van der Waals surface area contributed by atoms with Crippen molar-refractivity contribution in [3.8, 4) is 0 Å². The monoisotopic (exact) mass is 515 g/mol. The Morgan fingerprint density at radius 1 is 0.737 bits per heavy atom. The van der Waals surface area contributed by atoms with E-state index in [1.165, 1.54) is 0 Å². The molecule has 7 heteroatoms. The van der Waals surface area contributed by atoms with Gasteiger partial charge >= 0.3 is 6.09 Å². The van der Waals surface area contributed by atoms with Crippen LogP contribution in [0.4, 0.5) is 4.79 Å². The molecular weight excluding hydrogens is 482 g/mol. The Hall–Kier alpha value is -3.23. The van der Waals surface area contributed by atoms with Crippen LogP contribution in [0.25, 0.3) is 0 Å². The molecule has 6 rings (SSSR count). The van der Waals surface area contributed by atoms with Crippen molar-refractivity contribution in [3.63, 3.8) is 0 Å². The molecule has 38 heavy (non-hydrogen) atoms. The largest absolute Gasteiger partial charge is 0.447 e. The Labute approximate surface area is 223 Å². The molecule has 7 nitrogen and oxygen atoms in total. The summed E-state index contributed by atoms with van der Waals surface area (Å²) in [5.41, 5.74) is 3.22. The minimum absolute atomic E-state index is 0.0147. The van der Waals surface area contributed by atoms with Crippen molar-refractivity contribution < 1.29 is 28.5 Å². The number of hydrogen-bond donors (Lipinski definition) is 0. The van der Waals surface area contributed by atoms with Crippen LogP contribution in [-0.4, -0.2) is 60.7 Å². The van der Waals surface area contributed by atoms with Crippen LogP contribution in [0.5, 0.6) is 0 Å². The van der Waals surface area contributed by atoms with E-state index in [1.54, 1.807) is 0 Å². The van der Waals surface area contributed by atoms with Gasteiger partial charge in [-0.2, -0.15) is 0 Å². The number of hydrogen-bond acceptors (Lipinski definition) is 6. The molecule has 0 spiro atoms. The highest BCUT2D eigenvalue weighted by Gasteiger charge is 2.59. The van der Waals surface area contributed by atoms with E-state index in [0.717, 1.165) is 16.7 Å². The molecule has 3 saturated heterocycles. The van der Waals surface area contributed by atoms with Crippen LogP contribution in [0.2, 0.25) is 0 Å². The van der Waals surface area contributed by atoms with Gasteiger partial charge in [0.1, 0.15) is 24.9 Å². The Balaban J connectivity index is 1.25. The molecule has 3 fully saturated rings. The van der Waals surface area contributed by atoms with E-state index in [-0.39, 0.29) is 30.4 Å². The molecule has 1 amide bonds. The molecule has 2 unspecified atom stereocenters. The average Bonchev–Trinajstić information content (AvgIpc) is 3.51. The summed E-state index contributed by atoms with van der Waals surface area (Å²) < 4.78 is 31.4. The minimum Gasteiger partial charge on any atom is -0.447 e. The van der Waals surface area contributed by atoms with Crippen LogP contribution >= 0.6 is 0 Å². The summed E-state index contributed by atoms with van der Waals surface area (Å²) in [5.74, 6) is 0. The first-order valence-corrected chi connectivity index (χ1v) is 13.3. The lowest BCUT2D eigenvalue weighted by Crippen LogP contribution is -2.62. The van der Waals surface area contributed by atoms with Gasteiger partial charge in [0.2, 0.25) is 0 Å². The second-order valence-electron chi connectivity index (χ2n) is 10.1. The number of nitrogens with zero attached hydrogens (tertiary/aromatic N) is 1. The maximum atomic E-state index is 12.8. The number of carbonyl (C=O) groups excluding carboxylic acids is 1. The molecule has 6 atom stereocenters. The lowest BCUT2D eigenvalue weighted by atomic mass is 9.92. The molecule has 0 radical (unpaired) electrons. The number of benzene rings is 3. The molecule has 3 aliphatic rings. The van der Waals surface area contributed by atoms with Crippen molar-refractivity contribution >= 4 is 6.09 Å². The number of fused-ring (bicyclic) bond motifs is 3. The van der Waals surface area contributed by atoms with E-state index < -0.39 is 12.2 Å². The van der Waals surface area contributed by atoms with Crippen LogP contribution in [0.1, 0.15) is 23.1 Å². The van der Waals surface area contributed by atoms with E-state index in [0.29, 0.717) is 39.5 Å². The van der Waals surface area contributed by atoms with Gasteiger partial charge < -0.3 is 23.7 Å². The molecule has 3 aromatic carbocycles. The molecule has 0 saturated carbocycles. The molecule has 198 valence electrons. The van der Waals surface area contributed by atoms with Crippen molar-refractivity contribution in [2.45, 2.75) is 62.7 Å². The first kappa shape index (κ1) is 25.1. The standard InChI is InChI=1S/C31H33NO6/c33-31-32-25(20-37-31)16-26-28(32)30(36-19-24-14-8-3-9-15-24)29(35-18-23-12-6-2-7-13-23)27(38-26)21-34-17-22-10-4-1-5-11-22/h1-15,25-30H,16-21H2/t25-,26+,27?,28?,29+,30-/m0/s1. The number of ether oxygens (including phenoxy) is 5. The van der Waals surface area contributed by atoms with Gasteiger partial charge in [-0.05, 0) is 23.1 Å². The van der Waals surface area contributed by atoms with E-state index >= 15 is 0 Å². The predicted octanol–water partition coefficient (Wildman–Crippen LogP) is 4.73. The van der Waals surface area contributed by atoms with Gasteiger partial charge in [0.15, 0.2) is 0 Å². The van der Waals surface area contributed by atoms with Crippen molar-refractivity contribution in [1.82, 2.24) is 4.90 Å². The molecule has 3 heterocycles. The van der Waals surface area contributed by atoms with Gasteiger partial charge in [-0.25, -0.2) is 4.79 Å². The Kier molecular flexibility index (Phi) is 7.69. The van der Waals surface area contributed by atoms with E-state index in [2.05, 4.69) is 0 Å². The summed E-state index contributed by atoms with van der Waals surface area (Å²) in [7, 11) is 0. The smallest absolute Gasteiger partial charge is 0.410 e. The molecule has 3 aliphatic heterocycles. The zero-order valence-corrected chi connectivity index (χ0v) is 21.3.